The number of carbonyl (C=O) groups is 5. The number of ether oxygens (including phenoxy) is 3. The highest BCUT2D eigenvalue weighted by Crippen LogP contribution is 2.66. The van der Waals surface area contributed by atoms with Crippen LogP contribution in [0.1, 0.15) is 153 Å². The van der Waals surface area contributed by atoms with E-state index in [4.69, 9.17) is 68.0 Å². The number of carbonyl (C=O) groups excluding carboxylic acids is 4. The number of carboxylic acid groups (broad SMARTS) is 1. The Kier molecular flexibility index (Phi) is 21.4. The van der Waals surface area contributed by atoms with Crippen LogP contribution in [0.2, 0.25) is 11.6 Å². The first-order valence-electron chi connectivity index (χ1n) is 29.0. The van der Waals surface area contributed by atoms with Gasteiger partial charge in [0.25, 0.3) is 0 Å². The summed E-state index contributed by atoms with van der Waals surface area (Å²) in [5.74, 6) is -1.72. The number of hydrogen-bond acceptors (Lipinski definition) is 17. The molecule has 6 atom stereocenters. The molecule has 4 fully saturated rings. The molecule has 0 spiro atoms. The minimum absolute atomic E-state index is 0.00953. The molecule has 2 bridgehead atoms. The average Bonchev–Trinajstić information content (AvgIpc) is 1.68. The topological polar surface area (TPSA) is 240 Å². The van der Waals surface area contributed by atoms with Crippen LogP contribution >= 0.6 is 30.1 Å². The summed E-state index contributed by atoms with van der Waals surface area (Å²) in [5, 5.41) is 31.2. The number of methoxy groups -OCH3 is 1. The summed E-state index contributed by atoms with van der Waals surface area (Å²) in [6, 6.07) is 21.5. The first kappa shape index (κ1) is 67.3. The summed E-state index contributed by atoms with van der Waals surface area (Å²) in [7, 11) is 17.2. The highest BCUT2D eigenvalue weighted by molar-refractivity contribution is 7.54. The van der Waals surface area contributed by atoms with E-state index in [1.165, 1.54) is 33.0 Å². The van der Waals surface area contributed by atoms with Gasteiger partial charge in [-0.05, 0) is 149 Å². The molecule has 4 aromatic rings. The van der Waals surface area contributed by atoms with E-state index in [0.717, 1.165) is 48.2 Å². The maximum Gasteiger partial charge on any atom is 0.643 e. The Balaban J connectivity index is 0.000000242. The molecule has 0 aromatic heterocycles. The van der Waals surface area contributed by atoms with Crippen molar-refractivity contribution in [3.63, 3.8) is 0 Å². The summed E-state index contributed by atoms with van der Waals surface area (Å²) in [6.45, 7) is 20.1. The Morgan fingerprint density at radius 1 is 0.782 bits per heavy atom. The van der Waals surface area contributed by atoms with E-state index in [0.29, 0.717) is 65.8 Å². The number of oxime groups is 2. The number of Topliss-reactive ketones (excluding diaryl/α,β-unsaturated/α-hetero) is 2. The molecule has 25 heteroatoms. The molecule has 11 rings (SSSR count). The van der Waals surface area contributed by atoms with Crippen molar-refractivity contribution in [2.24, 2.45) is 27.6 Å². The fourth-order valence-electron chi connectivity index (χ4n) is 12.8. The van der Waals surface area contributed by atoms with Crippen molar-refractivity contribution in [1.29, 1.82) is 0 Å². The minimum Gasteiger partial charge on any atom is -0.535 e. The highest BCUT2D eigenvalue weighted by Gasteiger charge is 2.68. The zero-order valence-corrected chi connectivity index (χ0v) is 54.7. The molecule has 19 nitrogen and oxygen atoms in total. The van der Waals surface area contributed by atoms with Gasteiger partial charge in [0.1, 0.15) is 42.5 Å². The van der Waals surface area contributed by atoms with Crippen LogP contribution in [0.5, 0.6) is 11.5 Å². The number of rotatable bonds is 16. The zero-order valence-electron chi connectivity index (χ0n) is 51.3. The Morgan fingerprint density at radius 3 is 2.00 bits per heavy atom. The second-order valence-corrected chi connectivity index (χ2v) is 32.0. The number of ketones is 2. The van der Waals surface area contributed by atoms with Crippen LogP contribution in [0.25, 0.3) is 0 Å². The van der Waals surface area contributed by atoms with Gasteiger partial charge in [0.2, 0.25) is 0 Å². The molecule has 3 saturated carbocycles. The molecule has 0 radical (unpaired) electrons. The van der Waals surface area contributed by atoms with Crippen molar-refractivity contribution in [2.45, 2.75) is 162 Å². The molecule has 1 unspecified atom stereocenters. The third kappa shape index (κ3) is 15.7. The average molecular weight is 1270 g/mol. The van der Waals surface area contributed by atoms with Crippen LogP contribution in [-0.2, 0) is 77.1 Å². The van der Waals surface area contributed by atoms with Gasteiger partial charge in [-0.2, -0.15) is 0 Å². The maximum absolute atomic E-state index is 14.5. The number of carboxylic acids is 1. The monoisotopic (exact) mass is 1270 g/mol. The lowest BCUT2D eigenvalue weighted by atomic mass is 9.43. The van der Waals surface area contributed by atoms with Gasteiger partial charge < -0.3 is 53.3 Å². The molecule has 87 heavy (non-hydrogen) atoms. The number of nitrogens with one attached hydrogen (secondary N) is 1. The third-order valence-electron chi connectivity index (χ3n) is 17.0. The molecule has 4 heterocycles. The molecular weight excluding hydrogens is 1200 g/mol. The number of nitrogens with zero attached hydrogens (tertiary/aromatic N) is 3. The van der Waals surface area contributed by atoms with Crippen molar-refractivity contribution in [3.05, 3.63) is 128 Å². The predicted octanol–water partition coefficient (Wildman–Crippen LogP) is 11.0. The van der Waals surface area contributed by atoms with E-state index in [1.807, 2.05) is 84.0 Å². The quantitative estimate of drug-likeness (QED) is 0.0409. The van der Waals surface area contributed by atoms with E-state index < -0.39 is 72.1 Å². The molecule has 7 aliphatic rings. The van der Waals surface area contributed by atoms with E-state index >= 15 is 0 Å². The number of hydrogen-bond donors (Lipinski definition) is 3. The van der Waals surface area contributed by atoms with Crippen molar-refractivity contribution >= 4 is 96.8 Å². The van der Waals surface area contributed by atoms with Gasteiger partial charge in [0, 0.05) is 61.8 Å². The van der Waals surface area contributed by atoms with Crippen molar-refractivity contribution in [1.82, 2.24) is 10.2 Å². The third-order valence-corrected chi connectivity index (χ3v) is 17.0. The summed E-state index contributed by atoms with van der Waals surface area (Å²) < 4.78 is 36.3. The fourth-order valence-corrected chi connectivity index (χ4v) is 12.8. The summed E-state index contributed by atoms with van der Waals surface area (Å²) in [4.78, 5) is 76.8. The van der Waals surface area contributed by atoms with Crippen molar-refractivity contribution < 1.29 is 72.0 Å². The van der Waals surface area contributed by atoms with Crippen LogP contribution in [0.15, 0.2) is 83.1 Å². The minimum atomic E-state index is -1.72. The van der Waals surface area contributed by atoms with Crippen LogP contribution in [0.3, 0.4) is 0 Å². The van der Waals surface area contributed by atoms with Gasteiger partial charge in [-0.1, -0.05) is 72.7 Å². The van der Waals surface area contributed by atoms with Gasteiger partial charge in [-0.3, -0.25) is 14.5 Å². The van der Waals surface area contributed by atoms with Gasteiger partial charge >= 0.3 is 43.7 Å². The van der Waals surface area contributed by atoms with E-state index in [1.54, 1.807) is 29.2 Å². The molecule has 3 aliphatic carbocycles. The number of halogens is 3. The number of fused-ring (bicyclic) bond motifs is 3. The molecule has 464 valence electrons. The van der Waals surface area contributed by atoms with E-state index in [-0.39, 0.29) is 58.7 Å². The number of aromatic carboxylic acids is 1. The fraction of sp³-hybridized carbons (Fsp3) is 0.500. The second-order valence-electron chi connectivity index (χ2n) is 25.5. The lowest BCUT2D eigenvalue weighted by Crippen LogP contribution is -2.65. The molecule has 4 aliphatic heterocycles. The summed E-state index contributed by atoms with van der Waals surface area (Å²) in [6.07, 6.45) is 2.17. The van der Waals surface area contributed by atoms with Gasteiger partial charge in [-0.15, -0.1) is 0 Å². The molecule has 4 aromatic carbocycles. The smallest absolute Gasteiger partial charge is 0.535 e. The number of para-hydroxylation sites is 2. The molecule has 1 saturated heterocycles. The Morgan fingerprint density at radius 2 is 1.38 bits per heavy atom. The molecular formula is C62H76AlB2Cl3N4O15. The lowest BCUT2D eigenvalue weighted by Gasteiger charge is -2.64. The number of benzene rings is 4. The number of amides is 1. The van der Waals surface area contributed by atoms with Gasteiger partial charge in [0.15, 0.2) is 23.0 Å². The molecule has 1 amide bonds. The van der Waals surface area contributed by atoms with Gasteiger partial charge in [0.05, 0.1) is 24.4 Å². The van der Waals surface area contributed by atoms with Crippen LogP contribution in [0.4, 0.5) is 4.79 Å². The predicted molar refractivity (Wildman–Crippen MR) is 334 cm³/mol. The normalized spacial score (nSPS) is 21.8. The van der Waals surface area contributed by atoms with Crippen LogP contribution in [0, 0.1) is 17.3 Å². The van der Waals surface area contributed by atoms with E-state index in [2.05, 4.69) is 36.4 Å². The Bertz CT molecular complexity index is 3320. The Labute approximate surface area is 526 Å². The largest absolute Gasteiger partial charge is 0.643 e. The van der Waals surface area contributed by atoms with Crippen molar-refractivity contribution in [2.75, 3.05) is 21.3 Å². The second kappa shape index (κ2) is 27.6. The SMILES string of the molecule is CO/N=C(\C(=O)C[C@@H](Cc1cccc(C(=O)OC(C)(C)C)c1OC)B1OC2C[C@@H]3C[C@@H](C3(C)C)[C@]2(C)O1)c1ccc2c(c1)CN(C(=O)OC(C)(C)C)C2.CO/N=C(\C(=O)C[C@H]1Cc2cccc(C(=O)O)c2OB1O)c1ccc2c(c1)CNC2.[Cl][Al]([Cl])[Cl]. The first-order chi connectivity index (χ1) is 40.9. The van der Waals surface area contributed by atoms with Crippen LogP contribution in [-0.4, -0.2) is 126 Å². The lowest BCUT2D eigenvalue weighted by molar-refractivity contribution is -0.199. The summed E-state index contributed by atoms with van der Waals surface area (Å²) >= 11 is -1.72. The van der Waals surface area contributed by atoms with Gasteiger partial charge in [-0.25, -0.2) is 44.5 Å². The van der Waals surface area contributed by atoms with E-state index in [9.17, 15) is 34.1 Å². The Hall–Kier alpha value is -5.66. The maximum atomic E-state index is 14.5. The number of esters is 1. The van der Waals surface area contributed by atoms with Crippen LogP contribution < -0.4 is 14.7 Å². The first-order valence-corrected chi connectivity index (χ1v) is 34.2. The summed E-state index contributed by atoms with van der Waals surface area (Å²) in [5.41, 5.74) is 5.79. The highest BCUT2D eigenvalue weighted by atomic mass is 35.8. The van der Waals surface area contributed by atoms with Crippen molar-refractivity contribution in [3.8, 4) is 11.5 Å². The zero-order chi connectivity index (χ0) is 63.5. The molecule has 3 N–H and O–H groups in total. The standard InChI is InChI=1S/C41H55BN2O9.C21H21BN2O6.Al.3ClH/c1-38(2,3)50-36(46)30-14-12-13-25(35(30)48-10)18-29(42-52-33-20-28-19-32(40(28,7)8)41(33,9)53-42)21-31(45)34(43-49-11)24-15-16-26-22-44(23-27(26)17-24)37(47)51-39(4,5)6;1-29-24-19(12-5-6-14-10-23-11-15(14)7-12)18(25)9-16-8-13-3-2-4-17(21(26)27)20(13)30-22(16)28;;;;/h12-17,28-29,32-33H,18-23H2,1-11H3;2-7,16,23,28H,8-11H2,1H3,(H,26,27);;3*1H/q;;+3;;;/p-3/b43-34-;24-19-;;;;/t28-,29+,32-,33?,41-;16-;;;;/m01..../s1.